The van der Waals surface area contributed by atoms with Crippen LogP contribution in [0.2, 0.25) is 0 Å². The smallest absolute Gasteiger partial charge is 0.234 e. The Hall–Kier alpha value is -3.20. The third-order valence-corrected chi connectivity index (χ3v) is 5.66. The first-order chi connectivity index (χ1) is 14.0. The van der Waals surface area contributed by atoms with Crippen LogP contribution in [0.3, 0.4) is 0 Å². The molecule has 0 unspecified atom stereocenters. The molecule has 2 heterocycles. The van der Waals surface area contributed by atoms with Gasteiger partial charge < -0.3 is 9.88 Å². The summed E-state index contributed by atoms with van der Waals surface area (Å²) >= 11 is 1.35. The number of nitrogens with zero attached hydrogens (tertiary/aromatic N) is 6. The molecule has 0 aliphatic rings. The normalized spacial score (nSPS) is 11.1. The van der Waals surface area contributed by atoms with Gasteiger partial charge in [-0.1, -0.05) is 41.2 Å². The zero-order valence-electron chi connectivity index (χ0n) is 16.5. The quantitative estimate of drug-likeness (QED) is 0.494. The van der Waals surface area contributed by atoms with Crippen LogP contribution in [0.4, 0.5) is 5.69 Å². The molecule has 4 rings (SSSR count). The third-order valence-electron chi connectivity index (χ3n) is 4.64. The zero-order valence-corrected chi connectivity index (χ0v) is 17.3. The Bertz CT molecular complexity index is 1180. The fourth-order valence-electron chi connectivity index (χ4n) is 2.96. The number of hydrogen-bond acceptors (Lipinski definition) is 6. The molecule has 4 aromatic rings. The van der Waals surface area contributed by atoms with Crippen molar-refractivity contribution >= 4 is 34.4 Å². The lowest BCUT2D eigenvalue weighted by atomic mass is 10.1. The molecule has 0 atom stereocenters. The summed E-state index contributed by atoms with van der Waals surface area (Å²) in [6, 6.07) is 13.8. The van der Waals surface area contributed by atoms with Crippen molar-refractivity contribution in [1.82, 2.24) is 29.8 Å². The number of benzene rings is 2. The van der Waals surface area contributed by atoms with Gasteiger partial charge in [0, 0.05) is 12.7 Å². The molecule has 0 bridgehead atoms. The molecule has 0 aliphatic heterocycles. The fourth-order valence-corrected chi connectivity index (χ4v) is 3.69. The van der Waals surface area contributed by atoms with Gasteiger partial charge in [-0.2, -0.15) is 0 Å². The molecule has 1 N–H and O–H groups in total. The lowest BCUT2D eigenvalue weighted by molar-refractivity contribution is -0.113. The first-order valence-corrected chi connectivity index (χ1v) is 10.2. The van der Waals surface area contributed by atoms with Gasteiger partial charge in [-0.25, -0.2) is 4.68 Å². The number of hydrogen-bond donors (Lipinski definition) is 1. The van der Waals surface area contributed by atoms with E-state index in [2.05, 4.69) is 25.8 Å². The van der Waals surface area contributed by atoms with Gasteiger partial charge in [0.1, 0.15) is 12.1 Å². The summed E-state index contributed by atoms with van der Waals surface area (Å²) in [5, 5.41) is 20.5. The Morgan fingerprint density at radius 3 is 2.79 bits per heavy atom. The van der Waals surface area contributed by atoms with E-state index in [1.165, 1.54) is 11.8 Å². The molecule has 0 fully saturated rings. The van der Waals surface area contributed by atoms with Gasteiger partial charge >= 0.3 is 0 Å². The average molecular weight is 408 g/mol. The van der Waals surface area contributed by atoms with E-state index in [-0.39, 0.29) is 11.7 Å². The van der Waals surface area contributed by atoms with Gasteiger partial charge in [-0.3, -0.25) is 4.79 Å². The maximum absolute atomic E-state index is 12.4. The number of rotatable bonds is 6. The van der Waals surface area contributed by atoms with Gasteiger partial charge in [0.15, 0.2) is 11.0 Å². The number of fused-ring (bicyclic) bond motifs is 1. The van der Waals surface area contributed by atoms with E-state index < -0.39 is 0 Å². The highest BCUT2D eigenvalue weighted by Crippen LogP contribution is 2.20. The fraction of sp³-hybridized carbons (Fsp3) is 0.250. The third kappa shape index (κ3) is 4.14. The zero-order chi connectivity index (χ0) is 20.4. The van der Waals surface area contributed by atoms with E-state index in [4.69, 9.17) is 0 Å². The average Bonchev–Trinajstić information content (AvgIpc) is 3.28. The van der Waals surface area contributed by atoms with Crippen molar-refractivity contribution < 1.29 is 4.79 Å². The van der Waals surface area contributed by atoms with E-state index in [0.717, 1.165) is 33.7 Å². The van der Waals surface area contributed by atoms with Crippen LogP contribution in [-0.4, -0.2) is 41.4 Å². The van der Waals surface area contributed by atoms with Crippen molar-refractivity contribution in [3.63, 3.8) is 0 Å². The molecule has 8 nitrogen and oxygen atoms in total. The standard InChI is InChI=1S/C20H21N7OS/c1-13-8-9-14(2)16(10-13)21-19(28)12-29-20-24-23-18(26(20)3)11-27-17-7-5-4-6-15(17)22-25-27/h4-10H,11-12H2,1-3H3,(H,21,28). The van der Waals surface area contributed by atoms with Crippen LogP contribution in [-0.2, 0) is 18.4 Å². The minimum atomic E-state index is -0.0736. The Morgan fingerprint density at radius 2 is 1.93 bits per heavy atom. The number of thioether (sulfide) groups is 1. The lowest BCUT2D eigenvalue weighted by Crippen LogP contribution is -2.15. The topological polar surface area (TPSA) is 90.5 Å². The molecule has 1 amide bonds. The minimum Gasteiger partial charge on any atom is -0.325 e. The molecular weight excluding hydrogens is 386 g/mol. The second kappa shape index (κ2) is 8.04. The van der Waals surface area contributed by atoms with E-state index in [1.807, 2.05) is 67.9 Å². The Balaban J connectivity index is 1.41. The van der Waals surface area contributed by atoms with E-state index in [0.29, 0.717) is 11.7 Å². The van der Waals surface area contributed by atoms with Crippen molar-refractivity contribution in [2.45, 2.75) is 25.5 Å². The maximum atomic E-state index is 12.4. The highest BCUT2D eigenvalue weighted by Gasteiger charge is 2.14. The largest absolute Gasteiger partial charge is 0.325 e. The van der Waals surface area contributed by atoms with Gasteiger partial charge in [0.2, 0.25) is 5.91 Å². The van der Waals surface area contributed by atoms with Crippen molar-refractivity contribution in [3.8, 4) is 0 Å². The number of amides is 1. The van der Waals surface area contributed by atoms with Crippen LogP contribution in [0.25, 0.3) is 11.0 Å². The number of carbonyl (C=O) groups is 1. The summed E-state index contributed by atoms with van der Waals surface area (Å²) in [5.74, 6) is 0.930. The first-order valence-electron chi connectivity index (χ1n) is 9.17. The molecule has 29 heavy (non-hydrogen) atoms. The molecule has 9 heteroatoms. The molecule has 0 saturated heterocycles. The van der Waals surface area contributed by atoms with Gasteiger partial charge in [0.25, 0.3) is 0 Å². The number of anilines is 1. The lowest BCUT2D eigenvalue weighted by Gasteiger charge is -2.09. The number of nitrogens with one attached hydrogen (secondary N) is 1. The van der Waals surface area contributed by atoms with E-state index >= 15 is 0 Å². The molecule has 0 saturated carbocycles. The first kappa shape index (κ1) is 19.1. The summed E-state index contributed by atoms with van der Waals surface area (Å²) in [6.45, 7) is 4.44. The van der Waals surface area contributed by atoms with Crippen LogP contribution in [0.5, 0.6) is 0 Å². The number of aryl methyl sites for hydroxylation is 2. The Kier molecular flexibility index (Phi) is 5.30. The SMILES string of the molecule is Cc1ccc(C)c(NC(=O)CSc2nnc(Cn3nnc4ccccc43)n2C)c1. The predicted molar refractivity (Wildman–Crippen MR) is 113 cm³/mol. The van der Waals surface area contributed by atoms with Crippen molar-refractivity contribution in [2.75, 3.05) is 11.1 Å². The summed E-state index contributed by atoms with van der Waals surface area (Å²) in [5.41, 5.74) is 4.77. The van der Waals surface area contributed by atoms with Crippen LogP contribution >= 0.6 is 11.8 Å². The van der Waals surface area contributed by atoms with Crippen molar-refractivity contribution in [3.05, 3.63) is 59.4 Å². The summed E-state index contributed by atoms with van der Waals surface area (Å²) < 4.78 is 3.67. The monoisotopic (exact) mass is 407 g/mol. The van der Waals surface area contributed by atoms with Gasteiger partial charge in [-0.15, -0.1) is 15.3 Å². The maximum Gasteiger partial charge on any atom is 0.234 e. The minimum absolute atomic E-state index is 0.0736. The van der Waals surface area contributed by atoms with Crippen LogP contribution < -0.4 is 5.32 Å². The highest BCUT2D eigenvalue weighted by atomic mass is 32.2. The number of carbonyl (C=O) groups excluding carboxylic acids is 1. The molecule has 0 spiro atoms. The van der Waals surface area contributed by atoms with Crippen LogP contribution in [0.15, 0.2) is 47.6 Å². The van der Waals surface area contributed by atoms with E-state index in [1.54, 1.807) is 4.68 Å². The summed E-state index contributed by atoms with van der Waals surface area (Å²) in [7, 11) is 1.89. The van der Waals surface area contributed by atoms with Crippen molar-refractivity contribution in [1.29, 1.82) is 0 Å². The van der Waals surface area contributed by atoms with Crippen molar-refractivity contribution in [2.24, 2.45) is 7.05 Å². The Labute approximate surface area is 172 Å². The van der Waals surface area contributed by atoms with E-state index in [9.17, 15) is 4.79 Å². The van der Waals surface area contributed by atoms with Gasteiger partial charge in [-0.05, 0) is 43.2 Å². The summed E-state index contributed by atoms with van der Waals surface area (Å²) in [4.78, 5) is 12.4. The second-order valence-corrected chi connectivity index (χ2v) is 7.79. The molecular formula is C20H21N7OS. The number of para-hydroxylation sites is 1. The molecule has 0 aliphatic carbocycles. The highest BCUT2D eigenvalue weighted by molar-refractivity contribution is 7.99. The predicted octanol–water partition coefficient (Wildman–Crippen LogP) is 2.96. The van der Waals surface area contributed by atoms with Crippen LogP contribution in [0, 0.1) is 13.8 Å². The van der Waals surface area contributed by atoms with Crippen LogP contribution in [0.1, 0.15) is 17.0 Å². The molecule has 2 aromatic carbocycles. The molecule has 148 valence electrons. The Morgan fingerprint density at radius 1 is 1.10 bits per heavy atom. The summed E-state index contributed by atoms with van der Waals surface area (Å²) in [6.07, 6.45) is 0. The second-order valence-electron chi connectivity index (χ2n) is 6.85. The number of aromatic nitrogens is 6. The van der Waals surface area contributed by atoms with Gasteiger partial charge in [0.05, 0.1) is 11.3 Å². The molecule has 0 radical (unpaired) electrons. The molecule has 2 aromatic heterocycles.